The van der Waals surface area contributed by atoms with Crippen molar-refractivity contribution in [2.24, 2.45) is 0 Å². The minimum atomic E-state index is -1.16. The van der Waals surface area contributed by atoms with Crippen molar-refractivity contribution >= 4 is 17.8 Å². The van der Waals surface area contributed by atoms with Gasteiger partial charge in [-0.25, -0.2) is 9.18 Å². The highest BCUT2D eigenvalue weighted by atomic mass is 19.1. The van der Waals surface area contributed by atoms with E-state index in [-0.39, 0.29) is 12.4 Å². The van der Waals surface area contributed by atoms with E-state index in [2.05, 4.69) is 10.6 Å². The van der Waals surface area contributed by atoms with Crippen molar-refractivity contribution in [2.45, 2.75) is 43.7 Å². The molecule has 4 rings (SSSR count). The zero-order chi connectivity index (χ0) is 21.4. The third-order valence-electron chi connectivity index (χ3n) is 6.26. The molecule has 0 aromatic heterocycles. The molecule has 1 saturated carbocycles. The van der Waals surface area contributed by atoms with Crippen LogP contribution < -0.4 is 10.6 Å². The molecule has 2 aliphatic rings. The lowest BCUT2D eigenvalue weighted by atomic mass is 9.71. The second-order valence-corrected chi connectivity index (χ2v) is 7.94. The van der Waals surface area contributed by atoms with Gasteiger partial charge in [0, 0.05) is 0 Å². The van der Waals surface area contributed by atoms with E-state index in [1.165, 1.54) is 12.1 Å². The molecular formula is C23H24FN3O3. The monoisotopic (exact) mass is 409 g/mol. The number of nitrogens with one attached hydrogen (secondary N) is 2. The first-order valence-electron chi connectivity index (χ1n) is 10.2. The maximum atomic E-state index is 13.3. The first-order chi connectivity index (χ1) is 14.4. The van der Waals surface area contributed by atoms with E-state index in [1.807, 2.05) is 25.1 Å². The van der Waals surface area contributed by atoms with Gasteiger partial charge >= 0.3 is 6.03 Å². The SMILES string of the molecule is CCC1(c2ccccc2)NC(=O)N(CC(=O)NC2(c3ccc(F)cc3)CCC2)C1=O. The predicted molar refractivity (Wildman–Crippen MR) is 109 cm³/mol. The molecule has 1 saturated heterocycles. The summed E-state index contributed by atoms with van der Waals surface area (Å²) in [4.78, 5) is 39.6. The normalized spacial score (nSPS) is 22.4. The fourth-order valence-electron chi connectivity index (χ4n) is 4.37. The molecule has 2 N–H and O–H groups in total. The Labute approximate surface area is 174 Å². The third kappa shape index (κ3) is 3.24. The summed E-state index contributed by atoms with van der Waals surface area (Å²) in [6.07, 6.45) is 2.77. The average molecular weight is 409 g/mol. The van der Waals surface area contributed by atoms with Crippen molar-refractivity contribution in [1.82, 2.24) is 15.5 Å². The fraction of sp³-hybridized carbons (Fsp3) is 0.348. The lowest BCUT2D eigenvalue weighted by molar-refractivity contribution is -0.136. The van der Waals surface area contributed by atoms with Gasteiger partial charge in [-0.05, 0) is 48.9 Å². The molecule has 2 fully saturated rings. The van der Waals surface area contributed by atoms with Crippen LogP contribution in [0.15, 0.2) is 54.6 Å². The Morgan fingerprint density at radius 1 is 1.07 bits per heavy atom. The summed E-state index contributed by atoms with van der Waals surface area (Å²) in [7, 11) is 0. The maximum Gasteiger partial charge on any atom is 0.325 e. The topological polar surface area (TPSA) is 78.5 Å². The Morgan fingerprint density at radius 2 is 1.73 bits per heavy atom. The van der Waals surface area contributed by atoms with Crippen molar-refractivity contribution in [3.05, 3.63) is 71.5 Å². The number of nitrogens with zero attached hydrogens (tertiary/aromatic N) is 1. The van der Waals surface area contributed by atoms with Crippen LogP contribution in [0.25, 0.3) is 0 Å². The van der Waals surface area contributed by atoms with Gasteiger partial charge in [-0.2, -0.15) is 0 Å². The summed E-state index contributed by atoms with van der Waals surface area (Å²) in [5, 5.41) is 5.77. The molecule has 7 heteroatoms. The first kappa shape index (κ1) is 20.1. The van der Waals surface area contributed by atoms with Crippen LogP contribution >= 0.6 is 0 Å². The van der Waals surface area contributed by atoms with Crippen LogP contribution in [0.3, 0.4) is 0 Å². The summed E-state index contributed by atoms with van der Waals surface area (Å²) in [6.45, 7) is 1.47. The van der Waals surface area contributed by atoms with Gasteiger partial charge in [0.05, 0.1) is 5.54 Å². The molecule has 1 unspecified atom stereocenters. The Bertz CT molecular complexity index is 973. The summed E-state index contributed by atoms with van der Waals surface area (Å²) >= 11 is 0. The van der Waals surface area contributed by atoms with Crippen LogP contribution in [0.2, 0.25) is 0 Å². The van der Waals surface area contributed by atoms with E-state index >= 15 is 0 Å². The van der Waals surface area contributed by atoms with Gasteiger partial charge in [0.15, 0.2) is 0 Å². The Hall–Kier alpha value is -3.22. The summed E-state index contributed by atoms with van der Waals surface area (Å²) in [5.41, 5.74) is -0.224. The number of imide groups is 1. The Kier molecular flexibility index (Phi) is 5.05. The van der Waals surface area contributed by atoms with Gasteiger partial charge < -0.3 is 10.6 Å². The largest absolute Gasteiger partial charge is 0.345 e. The van der Waals surface area contributed by atoms with Crippen molar-refractivity contribution in [1.29, 1.82) is 0 Å². The van der Waals surface area contributed by atoms with Crippen molar-refractivity contribution in [3.8, 4) is 0 Å². The second-order valence-electron chi connectivity index (χ2n) is 7.94. The van der Waals surface area contributed by atoms with Gasteiger partial charge in [0.1, 0.15) is 17.9 Å². The second kappa shape index (κ2) is 7.55. The van der Waals surface area contributed by atoms with Crippen LogP contribution in [0.5, 0.6) is 0 Å². The standard InChI is InChI=1S/C23H24FN3O3/c1-2-23(17-7-4-3-5-8-17)20(29)27(21(30)26-23)15-19(28)25-22(13-6-14-22)16-9-11-18(24)12-10-16/h3-5,7-12H,2,6,13-15H2,1H3,(H,25,28)(H,26,30). The molecule has 1 aliphatic heterocycles. The number of carbonyl (C=O) groups excluding carboxylic acids is 3. The first-order valence-corrected chi connectivity index (χ1v) is 10.2. The van der Waals surface area contributed by atoms with Gasteiger partial charge in [-0.3, -0.25) is 14.5 Å². The average Bonchev–Trinajstić information content (AvgIpc) is 2.97. The van der Waals surface area contributed by atoms with E-state index in [9.17, 15) is 18.8 Å². The van der Waals surface area contributed by atoms with Gasteiger partial charge in [-0.15, -0.1) is 0 Å². The zero-order valence-electron chi connectivity index (χ0n) is 16.8. The number of hydrogen-bond acceptors (Lipinski definition) is 3. The molecule has 0 radical (unpaired) electrons. The molecule has 156 valence electrons. The summed E-state index contributed by atoms with van der Waals surface area (Å²) in [5.74, 6) is -1.18. The summed E-state index contributed by atoms with van der Waals surface area (Å²) < 4.78 is 13.3. The lowest BCUT2D eigenvalue weighted by Gasteiger charge is -2.43. The number of benzene rings is 2. The van der Waals surface area contributed by atoms with Gasteiger partial charge in [0.2, 0.25) is 5.91 Å². The maximum absolute atomic E-state index is 13.3. The molecular weight excluding hydrogens is 385 g/mol. The van der Waals surface area contributed by atoms with Gasteiger partial charge in [0.25, 0.3) is 5.91 Å². The van der Waals surface area contributed by atoms with Crippen molar-refractivity contribution < 1.29 is 18.8 Å². The molecule has 30 heavy (non-hydrogen) atoms. The summed E-state index contributed by atoms with van der Waals surface area (Å²) in [6, 6.07) is 14.5. The minimum Gasteiger partial charge on any atom is -0.345 e. The highest BCUT2D eigenvalue weighted by Gasteiger charge is 2.52. The Morgan fingerprint density at radius 3 is 2.30 bits per heavy atom. The molecule has 6 nitrogen and oxygen atoms in total. The smallest absolute Gasteiger partial charge is 0.325 e. The molecule has 1 aliphatic carbocycles. The van der Waals surface area contributed by atoms with E-state index in [4.69, 9.17) is 0 Å². The Balaban J connectivity index is 1.51. The van der Waals surface area contributed by atoms with Gasteiger partial charge in [-0.1, -0.05) is 49.4 Å². The van der Waals surface area contributed by atoms with E-state index in [0.29, 0.717) is 12.0 Å². The van der Waals surface area contributed by atoms with Crippen LogP contribution in [0, 0.1) is 5.82 Å². The number of urea groups is 1. The fourth-order valence-corrected chi connectivity index (χ4v) is 4.37. The molecule has 0 spiro atoms. The van der Waals surface area contributed by atoms with E-state index in [1.54, 1.807) is 24.3 Å². The van der Waals surface area contributed by atoms with E-state index in [0.717, 1.165) is 29.7 Å². The van der Waals surface area contributed by atoms with Crippen molar-refractivity contribution in [2.75, 3.05) is 6.54 Å². The highest BCUT2D eigenvalue weighted by molar-refractivity contribution is 6.09. The third-order valence-corrected chi connectivity index (χ3v) is 6.26. The van der Waals surface area contributed by atoms with Crippen molar-refractivity contribution in [3.63, 3.8) is 0 Å². The molecule has 4 amide bonds. The number of amides is 4. The number of rotatable bonds is 6. The van der Waals surface area contributed by atoms with Crippen LogP contribution in [-0.4, -0.2) is 29.3 Å². The predicted octanol–water partition coefficient (Wildman–Crippen LogP) is 3.18. The number of halogens is 1. The highest BCUT2D eigenvalue weighted by Crippen LogP contribution is 2.41. The molecule has 1 atom stereocenters. The number of carbonyl (C=O) groups is 3. The quantitative estimate of drug-likeness (QED) is 0.720. The molecule has 1 heterocycles. The van der Waals surface area contributed by atoms with Crippen LogP contribution in [0.4, 0.5) is 9.18 Å². The molecule has 2 aromatic carbocycles. The number of hydrogen-bond donors (Lipinski definition) is 2. The van der Waals surface area contributed by atoms with Crippen LogP contribution in [0.1, 0.15) is 43.7 Å². The molecule has 0 bridgehead atoms. The minimum absolute atomic E-state index is 0.337. The lowest BCUT2D eigenvalue weighted by Crippen LogP contribution is -2.54. The van der Waals surface area contributed by atoms with Crippen LogP contribution in [-0.2, 0) is 20.7 Å². The molecule has 2 aromatic rings. The van der Waals surface area contributed by atoms with E-state index < -0.39 is 28.9 Å². The zero-order valence-corrected chi connectivity index (χ0v) is 16.8.